The highest BCUT2D eigenvalue weighted by Crippen LogP contribution is 2.15. The van der Waals surface area contributed by atoms with Crippen molar-refractivity contribution < 1.29 is 9.90 Å². The normalized spacial score (nSPS) is 20.9. The molecule has 20 heavy (non-hydrogen) atoms. The predicted octanol–water partition coefficient (Wildman–Crippen LogP) is 0.746. The molecule has 1 unspecified atom stereocenters. The van der Waals surface area contributed by atoms with Gasteiger partial charge in [-0.3, -0.25) is 4.90 Å². The number of carboxylic acid groups (broad SMARTS) is 1. The molecule has 1 aliphatic heterocycles. The molecule has 1 saturated heterocycles. The maximum absolute atomic E-state index is 11.2. The first kappa shape index (κ1) is 14.7. The van der Waals surface area contributed by atoms with Gasteiger partial charge in [0.25, 0.3) is 0 Å². The molecule has 0 spiro atoms. The number of aryl methyl sites for hydroxylation is 1. The number of hydrogen-bond acceptors (Lipinski definition) is 5. The minimum atomic E-state index is -0.950. The van der Waals surface area contributed by atoms with Crippen LogP contribution in [0.15, 0.2) is 12.1 Å². The van der Waals surface area contributed by atoms with E-state index in [0.717, 1.165) is 25.3 Å². The zero-order chi connectivity index (χ0) is 14.7. The van der Waals surface area contributed by atoms with Gasteiger partial charge >= 0.3 is 5.97 Å². The van der Waals surface area contributed by atoms with E-state index in [-0.39, 0.29) is 5.56 Å². The van der Waals surface area contributed by atoms with Crippen LogP contribution in [-0.2, 0) is 0 Å². The third-order valence-corrected chi connectivity index (χ3v) is 3.75. The van der Waals surface area contributed by atoms with Gasteiger partial charge in [-0.15, -0.1) is 0 Å². The fourth-order valence-corrected chi connectivity index (χ4v) is 2.40. The maximum Gasteiger partial charge on any atom is 0.339 e. The van der Waals surface area contributed by atoms with E-state index in [2.05, 4.69) is 34.2 Å². The first-order valence-electron chi connectivity index (χ1n) is 6.81. The lowest BCUT2D eigenvalue weighted by molar-refractivity contribution is 0.0697. The lowest BCUT2D eigenvalue weighted by Gasteiger charge is -2.37. The van der Waals surface area contributed by atoms with Gasteiger partial charge in [0.1, 0.15) is 11.4 Å². The quantitative estimate of drug-likeness (QED) is 0.847. The Morgan fingerprint density at radius 3 is 2.90 bits per heavy atom. The molecule has 0 amide bonds. The van der Waals surface area contributed by atoms with Crippen molar-refractivity contribution in [3.05, 3.63) is 23.4 Å². The fraction of sp³-hybridized carbons (Fsp3) is 0.571. The minimum Gasteiger partial charge on any atom is -0.478 e. The van der Waals surface area contributed by atoms with Gasteiger partial charge in [-0.05, 0) is 33.2 Å². The molecule has 0 aromatic carbocycles. The topological polar surface area (TPSA) is 68.7 Å². The third kappa shape index (κ3) is 3.46. The highest BCUT2D eigenvalue weighted by molar-refractivity contribution is 5.93. The first-order chi connectivity index (χ1) is 9.47. The summed E-state index contributed by atoms with van der Waals surface area (Å²) in [6.45, 7) is 5.61. The van der Waals surface area contributed by atoms with Crippen molar-refractivity contribution in [2.45, 2.75) is 13.0 Å². The van der Waals surface area contributed by atoms with Crippen molar-refractivity contribution >= 4 is 11.8 Å². The van der Waals surface area contributed by atoms with E-state index in [0.29, 0.717) is 18.4 Å². The molecule has 1 aromatic rings. The summed E-state index contributed by atoms with van der Waals surface area (Å²) < 4.78 is 0. The summed E-state index contributed by atoms with van der Waals surface area (Å²) in [6.07, 6.45) is 0. The van der Waals surface area contributed by atoms with Crippen molar-refractivity contribution in [3.8, 4) is 0 Å². The Hall–Kier alpha value is -1.66. The Bertz CT molecular complexity index is 492. The minimum absolute atomic E-state index is 0.224. The van der Waals surface area contributed by atoms with Crippen molar-refractivity contribution in [1.29, 1.82) is 0 Å². The van der Waals surface area contributed by atoms with Crippen molar-refractivity contribution in [1.82, 2.24) is 14.8 Å². The molecule has 0 bridgehead atoms. The largest absolute Gasteiger partial charge is 0.478 e. The van der Waals surface area contributed by atoms with Crippen LogP contribution in [0.25, 0.3) is 0 Å². The molecule has 0 radical (unpaired) electrons. The fourth-order valence-electron chi connectivity index (χ4n) is 2.40. The van der Waals surface area contributed by atoms with E-state index < -0.39 is 5.97 Å². The van der Waals surface area contributed by atoms with Crippen LogP contribution in [-0.4, -0.2) is 72.2 Å². The number of anilines is 1. The predicted molar refractivity (Wildman–Crippen MR) is 78.3 cm³/mol. The van der Waals surface area contributed by atoms with Gasteiger partial charge < -0.3 is 15.3 Å². The van der Waals surface area contributed by atoms with Crippen molar-refractivity contribution in [2.75, 3.05) is 45.6 Å². The standard InChI is InChI=1S/C14H22N4O2/c1-10-4-5-12(14(19)20)13(16-10)15-8-11-9-17(2)6-7-18(11)3/h4-5,11H,6-9H2,1-3H3,(H,15,16)(H,19,20). The summed E-state index contributed by atoms with van der Waals surface area (Å²) in [4.78, 5) is 20.1. The summed E-state index contributed by atoms with van der Waals surface area (Å²) in [5, 5.41) is 12.4. The number of nitrogens with one attached hydrogen (secondary N) is 1. The number of carboxylic acids is 1. The Balaban J connectivity index is 2.06. The second kappa shape index (κ2) is 6.19. The number of nitrogens with zero attached hydrogens (tertiary/aromatic N) is 3. The summed E-state index contributed by atoms with van der Waals surface area (Å²) in [5.41, 5.74) is 1.04. The highest BCUT2D eigenvalue weighted by atomic mass is 16.4. The van der Waals surface area contributed by atoms with Crippen LogP contribution in [0.4, 0.5) is 5.82 Å². The molecule has 0 aliphatic carbocycles. The Kier molecular flexibility index (Phi) is 4.57. The molecular weight excluding hydrogens is 256 g/mol. The number of likely N-dealkylation sites (N-methyl/N-ethyl adjacent to an activating group) is 2. The average molecular weight is 278 g/mol. The van der Waals surface area contributed by atoms with Crippen LogP contribution in [0, 0.1) is 6.92 Å². The first-order valence-corrected chi connectivity index (χ1v) is 6.81. The van der Waals surface area contributed by atoms with Crippen molar-refractivity contribution in [3.63, 3.8) is 0 Å². The molecule has 1 fully saturated rings. The number of aromatic carboxylic acids is 1. The molecule has 2 rings (SSSR count). The van der Waals surface area contributed by atoms with Crippen LogP contribution in [0.2, 0.25) is 0 Å². The van der Waals surface area contributed by atoms with Gasteiger partial charge in [-0.1, -0.05) is 0 Å². The molecule has 2 heterocycles. The summed E-state index contributed by atoms with van der Waals surface area (Å²) in [5.74, 6) is -0.492. The molecule has 6 nitrogen and oxygen atoms in total. The van der Waals surface area contributed by atoms with E-state index in [1.165, 1.54) is 0 Å². The smallest absolute Gasteiger partial charge is 0.339 e. The Morgan fingerprint density at radius 1 is 1.45 bits per heavy atom. The van der Waals surface area contributed by atoms with Gasteiger partial charge in [0.2, 0.25) is 0 Å². The third-order valence-electron chi connectivity index (χ3n) is 3.75. The molecule has 2 N–H and O–H groups in total. The molecule has 1 atom stereocenters. The molecule has 1 aliphatic rings. The van der Waals surface area contributed by atoms with Gasteiger partial charge in [0.05, 0.1) is 0 Å². The van der Waals surface area contributed by atoms with E-state index in [1.54, 1.807) is 12.1 Å². The van der Waals surface area contributed by atoms with Crippen LogP contribution >= 0.6 is 0 Å². The molecule has 0 saturated carbocycles. The van der Waals surface area contributed by atoms with E-state index >= 15 is 0 Å². The molecule has 1 aromatic heterocycles. The second-order valence-corrected chi connectivity index (χ2v) is 5.43. The van der Waals surface area contributed by atoms with Crippen LogP contribution < -0.4 is 5.32 Å². The molecule has 110 valence electrons. The van der Waals surface area contributed by atoms with Crippen molar-refractivity contribution in [2.24, 2.45) is 0 Å². The number of rotatable bonds is 4. The van der Waals surface area contributed by atoms with Gasteiger partial charge in [-0.2, -0.15) is 0 Å². The summed E-state index contributed by atoms with van der Waals surface area (Å²) in [6, 6.07) is 3.68. The summed E-state index contributed by atoms with van der Waals surface area (Å²) >= 11 is 0. The van der Waals surface area contributed by atoms with Gasteiger partial charge in [0, 0.05) is 37.9 Å². The maximum atomic E-state index is 11.2. The van der Waals surface area contributed by atoms with Crippen LogP contribution in [0.5, 0.6) is 0 Å². The molecular formula is C14H22N4O2. The van der Waals surface area contributed by atoms with Crippen LogP contribution in [0.1, 0.15) is 16.1 Å². The van der Waals surface area contributed by atoms with E-state index in [9.17, 15) is 9.90 Å². The Labute approximate surface area is 119 Å². The monoisotopic (exact) mass is 278 g/mol. The number of pyridine rings is 1. The number of piperazine rings is 1. The number of hydrogen-bond donors (Lipinski definition) is 2. The SMILES string of the molecule is Cc1ccc(C(=O)O)c(NCC2CN(C)CCN2C)n1. The zero-order valence-electron chi connectivity index (χ0n) is 12.3. The highest BCUT2D eigenvalue weighted by Gasteiger charge is 2.22. The van der Waals surface area contributed by atoms with E-state index in [4.69, 9.17) is 0 Å². The average Bonchev–Trinajstić information content (AvgIpc) is 2.39. The van der Waals surface area contributed by atoms with Crippen LogP contribution in [0.3, 0.4) is 0 Å². The lowest BCUT2D eigenvalue weighted by Crippen LogP contribution is -2.52. The number of carbonyl (C=O) groups is 1. The molecule has 6 heteroatoms. The number of aromatic nitrogens is 1. The Morgan fingerprint density at radius 2 is 2.20 bits per heavy atom. The zero-order valence-corrected chi connectivity index (χ0v) is 12.3. The summed E-state index contributed by atoms with van der Waals surface area (Å²) in [7, 11) is 4.20. The van der Waals surface area contributed by atoms with E-state index in [1.807, 2.05) is 6.92 Å². The van der Waals surface area contributed by atoms with Gasteiger partial charge in [0.15, 0.2) is 0 Å². The lowest BCUT2D eigenvalue weighted by atomic mass is 10.1. The second-order valence-electron chi connectivity index (χ2n) is 5.43. The van der Waals surface area contributed by atoms with Gasteiger partial charge in [-0.25, -0.2) is 9.78 Å².